The molecular formula is C27H28O4P+. The Bertz CT molecular complexity index is 1230. The lowest BCUT2D eigenvalue weighted by Crippen LogP contribution is -2.09. The fraction of sp³-hybridized carbons (Fsp3) is 0.259. The number of ether oxygens (including phenoxy) is 1. The van der Waals surface area contributed by atoms with Crippen molar-refractivity contribution in [3.05, 3.63) is 87.0 Å². The van der Waals surface area contributed by atoms with E-state index in [1.165, 1.54) is 0 Å². The van der Waals surface area contributed by atoms with Gasteiger partial charge in [0.25, 0.3) is 0 Å². The molecule has 0 amide bonds. The molecule has 32 heavy (non-hydrogen) atoms. The van der Waals surface area contributed by atoms with Crippen LogP contribution in [0.4, 0.5) is 0 Å². The molecule has 3 rings (SSSR count). The maximum absolute atomic E-state index is 13.4. The van der Waals surface area contributed by atoms with Crippen molar-refractivity contribution in [3.63, 3.8) is 0 Å². The van der Waals surface area contributed by atoms with Crippen molar-refractivity contribution in [1.82, 2.24) is 0 Å². The van der Waals surface area contributed by atoms with Gasteiger partial charge in [0.1, 0.15) is 5.75 Å². The van der Waals surface area contributed by atoms with Crippen LogP contribution in [0.3, 0.4) is 0 Å². The zero-order valence-corrected chi connectivity index (χ0v) is 20.5. The van der Waals surface area contributed by atoms with Crippen LogP contribution in [0.1, 0.15) is 54.1 Å². The number of benzene rings is 3. The smallest absolute Gasteiger partial charge is 0.497 e. The average Bonchev–Trinajstić information content (AvgIpc) is 2.72. The van der Waals surface area contributed by atoms with Crippen LogP contribution in [0.25, 0.3) is 11.1 Å². The van der Waals surface area contributed by atoms with Crippen molar-refractivity contribution in [2.24, 2.45) is 0 Å². The van der Waals surface area contributed by atoms with Crippen LogP contribution < -0.4 is 4.74 Å². The van der Waals surface area contributed by atoms with Gasteiger partial charge < -0.3 is 4.74 Å². The highest BCUT2D eigenvalue weighted by Crippen LogP contribution is 2.39. The highest BCUT2D eigenvalue weighted by Gasteiger charge is 2.43. The molecule has 4 nitrogen and oxygen atoms in total. The predicted octanol–water partition coefficient (Wildman–Crippen LogP) is 7.02. The Balaban J connectivity index is 2.08. The third kappa shape index (κ3) is 4.28. The topological polar surface area (TPSA) is 60.4 Å². The molecule has 3 aromatic carbocycles. The van der Waals surface area contributed by atoms with E-state index in [0.717, 1.165) is 50.3 Å². The first kappa shape index (κ1) is 23.6. The van der Waals surface area contributed by atoms with Gasteiger partial charge >= 0.3 is 18.8 Å². The van der Waals surface area contributed by atoms with Gasteiger partial charge in [-0.2, -0.15) is 0 Å². The van der Waals surface area contributed by atoms with Crippen molar-refractivity contribution < 1.29 is 18.9 Å². The van der Waals surface area contributed by atoms with Gasteiger partial charge in [-0.05, 0) is 92.6 Å². The lowest BCUT2D eigenvalue weighted by Gasteiger charge is -2.15. The van der Waals surface area contributed by atoms with Crippen LogP contribution in [0, 0.1) is 41.5 Å². The molecule has 1 unspecified atom stereocenters. The van der Waals surface area contributed by atoms with Gasteiger partial charge in [-0.1, -0.05) is 40.5 Å². The summed E-state index contributed by atoms with van der Waals surface area (Å²) in [6, 6.07) is 13.3. The van der Waals surface area contributed by atoms with E-state index < -0.39 is 18.8 Å². The molecule has 0 radical (unpaired) electrons. The van der Waals surface area contributed by atoms with Crippen LogP contribution in [-0.4, -0.2) is 18.2 Å². The normalized spacial score (nSPS) is 11.3. The van der Waals surface area contributed by atoms with Crippen molar-refractivity contribution in [1.29, 1.82) is 0 Å². The van der Waals surface area contributed by atoms with Gasteiger partial charge in [0.15, 0.2) is 0 Å². The Labute approximate surface area is 190 Å². The number of carbonyl (C=O) groups is 2. The summed E-state index contributed by atoms with van der Waals surface area (Å²) >= 11 is 0. The first-order chi connectivity index (χ1) is 15.1. The Morgan fingerprint density at radius 3 is 1.75 bits per heavy atom. The highest BCUT2D eigenvalue weighted by molar-refractivity contribution is 7.80. The Hall–Kier alpha value is -3.10. The number of hydrogen-bond acceptors (Lipinski definition) is 4. The van der Waals surface area contributed by atoms with E-state index in [1.54, 1.807) is 7.11 Å². The molecule has 0 bridgehead atoms. The molecule has 0 N–H and O–H groups in total. The molecule has 3 aromatic rings. The minimum absolute atomic E-state index is 0.360. The molecule has 0 saturated heterocycles. The zero-order chi connectivity index (χ0) is 23.7. The van der Waals surface area contributed by atoms with E-state index in [2.05, 4.69) is 0 Å². The van der Waals surface area contributed by atoms with Crippen molar-refractivity contribution in [2.75, 3.05) is 7.11 Å². The predicted molar refractivity (Wildman–Crippen MR) is 130 cm³/mol. The number of methoxy groups -OCH3 is 1. The molecule has 1 atom stereocenters. The minimum Gasteiger partial charge on any atom is -0.497 e. The Morgan fingerprint density at radius 1 is 0.719 bits per heavy atom. The quantitative estimate of drug-likeness (QED) is 0.381. The molecule has 0 fully saturated rings. The number of carbonyl (C=O) groups excluding carboxylic acids is 2. The van der Waals surface area contributed by atoms with Gasteiger partial charge in [-0.3, -0.25) is 0 Å². The fourth-order valence-corrected chi connectivity index (χ4v) is 5.82. The molecule has 0 aliphatic carbocycles. The lowest BCUT2D eigenvalue weighted by atomic mass is 9.90. The summed E-state index contributed by atoms with van der Waals surface area (Å²) in [5.41, 5.74) is 6.30. The van der Waals surface area contributed by atoms with Crippen LogP contribution in [0.2, 0.25) is 0 Å². The first-order valence-corrected chi connectivity index (χ1v) is 11.7. The third-order valence-corrected chi connectivity index (χ3v) is 7.01. The molecule has 0 aliphatic heterocycles. The van der Waals surface area contributed by atoms with Gasteiger partial charge in [-0.25, -0.2) is 9.59 Å². The molecule has 0 saturated carbocycles. The van der Waals surface area contributed by atoms with Crippen LogP contribution in [-0.2, 0) is 4.57 Å². The summed E-state index contributed by atoms with van der Waals surface area (Å²) in [6.07, 6.45) is 0. The van der Waals surface area contributed by atoms with Gasteiger partial charge in [-0.15, -0.1) is 0 Å². The number of aryl methyl sites for hydroxylation is 5. The van der Waals surface area contributed by atoms with Gasteiger partial charge in [0.05, 0.1) is 18.2 Å². The summed E-state index contributed by atoms with van der Waals surface area (Å²) in [5.74, 6) is 0.741. The SMILES string of the molecule is COc1ccc(-c2c(C)cc(C)c(C(=O)[P+](=O)C(=O)c3c(C)cc(C)cc3C)c2C)cc1. The van der Waals surface area contributed by atoms with E-state index in [9.17, 15) is 14.2 Å². The summed E-state index contributed by atoms with van der Waals surface area (Å²) in [7, 11) is -1.17. The average molecular weight is 447 g/mol. The second kappa shape index (κ2) is 9.18. The highest BCUT2D eigenvalue weighted by atomic mass is 31.1. The van der Waals surface area contributed by atoms with Crippen molar-refractivity contribution in [2.45, 2.75) is 41.5 Å². The molecule has 0 heterocycles. The minimum atomic E-state index is -2.78. The summed E-state index contributed by atoms with van der Waals surface area (Å²) in [5, 5.41) is 0. The second-order valence-corrected chi connectivity index (χ2v) is 9.69. The summed E-state index contributed by atoms with van der Waals surface area (Å²) in [4.78, 5) is 26.5. The van der Waals surface area contributed by atoms with Crippen molar-refractivity contribution in [3.8, 4) is 16.9 Å². The molecule has 0 spiro atoms. The summed E-state index contributed by atoms with van der Waals surface area (Å²) < 4.78 is 18.4. The van der Waals surface area contributed by atoms with E-state index in [1.807, 2.05) is 84.0 Å². The molecule has 5 heteroatoms. The fourth-order valence-electron chi connectivity index (χ4n) is 4.53. The Morgan fingerprint density at radius 2 is 1.22 bits per heavy atom. The monoisotopic (exact) mass is 447 g/mol. The first-order valence-electron chi connectivity index (χ1n) is 10.5. The molecule has 0 aliphatic rings. The molecule has 0 aromatic heterocycles. The summed E-state index contributed by atoms with van der Waals surface area (Å²) in [6.45, 7) is 11.2. The van der Waals surface area contributed by atoms with Gasteiger partial charge in [0.2, 0.25) is 0 Å². The van der Waals surface area contributed by atoms with Crippen LogP contribution >= 0.6 is 7.80 Å². The lowest BCUT2D eigenvalue weighted by molar-refractivity contribution is 0.104. The maximum atomic E-state index is 13.4. The van der Waals surface area contributed by atoms with E-state index >= 15 is 0 Å². The number of hydrogen-bond donors (Lipinski definition) is 0. The standard InChI is InChI=1S/C27H28O4P/c1-15-12-16(2)23(17(3)13-15)26(28)32(30)27(29)25-19(5)14-18(4)24(20(25)6)21-8-10-22(31-7)11-9-21/h8-14H,1-7H3/q+1. The van der Waals surface area contributed by atoms with E-state index in [-0.39, 0.29) is 0 Å². The van der Waals surface area contributed by atoms with E-state index in [4.69, 9.17) is 4.74 Å². The maximum Gasteiger partial charge on any atom is 0.501 e. The largest absolute Gasteiger partial charge is 0.501 e. The molecule has 164 valence electrons. The number of rotatable bonds is 6. The van der Waals surface area contributed by atoms with Crippen molar-refractivity contribution >= 4 is 18.8 Å². The second-order valence-electron chi connectivity index (χ2n) is 8.29. The zero-order valence-electron chi connectivity index (χ0n) is 19.6. The van der Waals surface area contributed by atoms with Gasteiger partial charge in [0, 0.05) is 0 Å². The third-order valence-electron chi connectivity index (χ3n) is 5.82. The molecular weight excluding hydrogens is 419 g/mol. The van der Waals surface area contributed by atoms with E-state index in [0.29, 0.717) is 11.1 Å². The Kier molecular flexibility index (Phi) is 6.76. The van der Waals surface area contributed by atoms with Crippen LogP contribution in [0.5, 0.6) is 5.75 Å². The van der Waals surface area contributed by atoms with Crippen LogP contribution in [0.15, 0.2) is 42.5 Å².